The molecule has 6 heteroatoms. The minimum Gasteiger partial charge on any atom is -0.356 e. The molecule has 2 N–H and O–H groups in total. The van der Waals surface area contributed by atoms with Gasteiger partial charge in [-0.1, -0.05) is 0 Å². The highest BCUT2D eigenvalue weighted by Gasteiger charge is 2.00. The Morgan fingerprint density at radius 1 is 1.37 bits per heavy atom. The summed E-state index contributed by atoms with van der Waals surface area (Å²) in [6.07, 6.45) is 3.98. The van der Waals surface area contributed by atoms with Crippen LogP contribution in [0, 0.1) is 6.92 Å². The normalized spacial score (nSPS) is 11.9. The molecule has 108 valence electrons. The van der Waals surface area contributed by atoms with Gasteiger partial charge in [-0.2, -0.15) is 0 Å². The Balaban J connectivity index is 2.15. The molecule has 0 unspecified atom stereocenters. The van der Waals surface area contributed by atoms with Gasteiger partial charge in [0, 0.05) is 37.6 Å². The highest BCUT2D eigenvalue weighted by Crippen LogP contribution is 2.10. The molecule has 0 aromatic carbocycles. The second kappa shape index (κ2) is 8.87. The van der Waals surface area contributed by atoms with Gasteiger partial charge in [0.15, 0.2) is 5.96 Å². The molecular formula is C13H25N5S. The van der Waals surface area contributed by atoms with Crippen LogP contribution in [0.25, 0.3) is 0 Å². The first-order valence-corrected chi connectivity index (χ1v) is 7.44. The molecule has 1 heterocycles. The zero-order chi connectivity index (χ0) is 14.1. The number of aryl methyl sites for hydroxylation is 1. The number of hydrogen-bond donors (Lipinski definition) is 2. The highest BCUT2D eigenvalue weighted by atomic mass is 32.1. The molecule has 0 atom stereocenters. The van der Waals surface area contributed by atoms with E-state index < -0.39 is 0 Å². The van der Waals surface area contributed by atoms with Crippen molar-refractivity contribution in [3.63, 3.8) is 0 Å². The lowest BCUT2D eigenvalue weighted by Gasteiger charge is -2.13. The van der Waals surface area contributed by atoms with Gasteiger partial charge in [-0.15, -0.1) is 11.3 Å². The average molecular weight is 283 g/mol. The second-order valence-electron chi connectivity index (χ2n) is 4.70. The zero-order valence-electron chi connectivity index (χ0n) is 12.4. The minimum atomic E-state index is 0.861. The molecule has 0 aliphatic rings. The average Bonchev–Trinajstić information content (AvgIpc) is 2.78. The smallest absolute Gasteiger partial charge is 0.190 e. The fraction of sp³-hybridized carbons (Fsp3) is 0.692. The Morgan fingerprint density at radius 3 is 2.68 bits per heavy atom. The lowest BCUT2D eigenvalue weighted by molar-refractivity contribution is 0.399. The Labute approximate surface area is 120 Å². The van der Waals surface area contributed by atoms with Crippen LogP contribution < -0.4 is 10.6 Å². The third-order valence-electron chi connectivity index (χ3n) is 2.60. The quantitative estimate of drug-likeness (QED) is 0.447. The summed E-state index contributed by atoms with van der Waals surface area (Å²) < 4.78 is 0. The van der Waals surface area contributed by atoms with Gasteiger partial charge >= 0.3 is 0 Å². The third-order valence-corrected chi connectivity index (χ3v) is 3.57. The Hall–Kier alpha value is -1.14. The first-order chi connectivity index (χ1) is 9.11. The molecule has 1 aromatic heterocycles. The van der Waals surface area contributed by atoms with E-state index in [2.05, 4.69) is 46.5 Å². The Kier molecular flexibility index (Phi) is 7.43. The van der Waals surface area contributed by atoms with E-state index in [1.165, 1.54) is 9.88 Å². The van der Waals surface area contributed by atoms with Crippen molar-refractivity contribution in [2.75, 3.05) is 40.8 Å². The van der Waals surface area contributed by atoms with Crippen molar-refractivity contribution in [2.45, 2.75) is 19.8 Å². The minimum absolute atomic E-state index is 0.861. The van der Waals surface area contributed by atoms with Gasteiger partial charge in [0.1, 0.15) is 0 Å². The van der Waals surface area contributed by atoms with Crippen molar-refractivity contribution >= 4 is 17.3 Å². The molecule has 0 aliphatic heterocycles. The maximum Gasteiger partial charge on any atom is 0.190 e. The third kappa shape index (κ3) is 7.12. The zero-order valence-corrected chi connectivity index (χ0v) is 13.2. The lowest BCUT2D eigenvalue weighted by Crippen LogP contribution is -2.39. The van der Waals surface area contributed by atoms with E-state index in [4.69, 9.17) is 0 Å². The molecule has 0 fully saturated rings. The van der Waals surface area contributed by atoms with Crippen molar-refractivity contribution in [1.82, 2.24) is 20.5 Å². The maximum atomic E-state index is 4.35. The summed E-state index contributed by atoms with van der Waals surface area (Å²) in [5.41, 5.74) is 0. The van der Waals surface area contributed by atoms with Gasteiger partial charge < -0.3 is 15.5 Å². The van der Waals surface area contributed by atoms with Crippen LogP contribution in [0.3, 0.4) is 0 Å². The summed E-state index contributed by atoms with van der Waals surface area (Å²) in [4.78, 5) is 12.0. The molecule has 0 radical (unpaired) electrons. The number of nitrogens with one attached hydrogen (secondary N) is 2. The Morgan fingerprint density at radius 2 is 2.11 bits per heavy atom. The number of guanidine groups is 1. The van der Waals surface area contributed by atoms with Crippen LogP contribution in [-0.4, -0.2) is 56.6 Å². The van der Waals surface area contributed by atoms with Crippen molar-refractivity contribution in [1.29, 1.82) is 0 Å². The maximum absolute atomic E-state index is 4.35. The van der Waals surface area contributed by atoms with E-state index in [-0.39, 0.29) is 0 Å². The van der Waals surface area contributed by atoms with Crippen molar-refractivity contribution in [3.8, 4) is 0 Å². The number of aliphatic imine (C=N–C) groups is 1. The van der Waals surface area contributed by atoms with Crippen molar-refractivity contribution in [3.05, 3.63) is 16.1 Å². The van der Waals surface area contributed by atoms with Gasteiger partial charge in [-0.3, -0.25) is 4.99 Å². The van der Waals surface area contributed by atoms with Gasteiger partial charge in [0.05, 0.1) is 5.01 Å². The van der Waals surface area contributed by atoms with Gasteiger partial charge in [-0.25, -0.2) is 4.98 Å². The van der Waals surface area contributed by atoms with Gasteiger partial charge in [-0.05, 0) is 34.0 Å². The molecular weight excluding hydrogens is 258 g/mol. The highest BCUT2D eigenvalue weighted by molar-refractivity contribution is 7.11. The van der Waals surface area contributed by atoms with Crippen LogP contribution >= 0.6 is 11.3 Å². The molecule has 0 aliphatic carbocycles. The van der Waals surface area contributed by atoms with Gasteiger partial charge in [0.25, 0.3) is 0 Å². The summed E-state index contributed by atoms with van der Waals surface area (Å²) in [6.45, 7) is 4.97. The molecule has 19 heavy (non-hydrogen) atoms. The Bertz CT molecular complexity index is 386. The monoisotopic (exact) mass is 283 g/mol. The van der Waals surface area contributed by atoms with E-state index in [9.17, 15) is 0 Å². The summed E-state index contributed by atoms with van der Waals surface area (Å²) in [6, 6.07) is 0. The fourth-order valence-electron chi connectivity index (χ4n) is 1.63. The molecule has 5 nitrogen and oxygen atoms in total. The molecule has 1 rings (SSSR count). The van der Waals surface area contributed by atoms with E-state index >= 15 is 0 Å². The van der Waals surface area contributed by atoms with E-state index in [0.29, 0.717) is 0 Å². The summed E-state index contributed by atoms with van der Waals surface area (Å²) in [7, 11) is 5.97. The number of aromatic nitrogens is 1. The van der Waals surface area contributed by atoms with E-state index in [0.717, 1.165) is 38.4 Å². The number of thiazole rings is 1. The standard InChI is InChI=1S/C13H25N5S/c1-11-10-17-12(19-11)6-8-16-13(14-2)15-7-5-9-18(3)4/h10H,5-9H2,1-4H3,(H2,14,15,16). The van der Waals surface area contributed by atoms with E-state index in [1.54, 1.807) is 18.4 Å². The van der Waals surface area contributed by atoms with Crippen LogP contribution in [0.5, 0.6) is 0 Å². The molecule has 1 aromatic rings. The number of hydrogen-bond acceptors (Lipinski definition) is 4. The molecule has 0 amide bonds. The SMILES string of the molecule is CN=C(NCCCN(C)C)NCCc1ncc(C)s1. The summed E-state index contributed by atoms with van der Waals surface area (Å²) in [5.74, 6) is 0.868. The largest absolute Gasteiger partial charge is 0.356 e. The molecule has 0 saturated carbocycles. The van der Waals surface area contributed by atoms with Crippen molar-refractivity contribution < 1.29 is 0 Å². The topological polar surface area (TPSA) is 52.6 Å². The van der Waals surface area contributed by atoms with Crippen LogP contribution in [0.15, 0.2) is 11.2 Å². The fourth-order valence-corrected chi connectivity index (χ4v) is 2.41. The predicted octanol–water partition coefficient (Wildman–Crippen LogP) is 1.11. The molecule has 0 bridgehead atoms. The first-order valence-electron chi connectivity index (χ1n) is 6.62. The molecule has 0 saturated heterocycles. The van der Waals surface area contributed by atoms with Crippen LogP contribution in [0.2, 0.25) is 0 Å². The summed E-state index contributed by atoms with van der Waals surface area (Å²) in [5, 5.41) is 7.79. The van der Waals surface area contributed by atoms with Crippen LogP contribution in [-0.2, 0) is 6.42 Å². The second-order valence-corrected chi connectivity index (χ2v) is 6.02. The number of nitrogens with zero attached hydrogens (tertiary/aromatic N) is 3. The summed E-state index contributed by atoms with van der Waals surface area (Å²) >= 11 is 1.75. The van der Waals surface area contributed by atoms with E-state index in [1.807, 2.05) is 6.20 Å². The van der Waals surface area contributed by atoms with Crippen molar-refractivity contribution in [2.24, 2.45) is 4.99 Å². The number of rotatable bonds is 7. The first kappa shape index (κ1) is 15.9. The lowest BCUT2D eigenvalue weighted by atomic mass is 10.4. The predicted molar refractivity (Wildman–Crippen MR) is 83.1 cm³/mol. The molecule has 0 spiro atoms. The van der Waals surface area contributed by atoms with Gasteiger partial charge in [0.2, 0.25) is 0 Å². The van der Waals surface area contributed by atoms with Crippen LogP contribution in [0.1, 0.15) is 16.3 Å². The van der Waals surface area contributed by atoms with Crippen LogP contribution in [0.4, 0.5) is 0 Å².